The Labute approximate surface area is 123 Å². The lowest BCUT2D eigenvalue weighted by atomic mass is 10.1. The molecule has 3 N–H and O–H groups in total. The monoisotopic (exact) mass is 309 g/mol. The lowest BCUT2D eigenvalue weighted by Gasteiger charge is -2.06. The number of amides is 1. The van der Waals surface area contributed by atoms with Gasteiger partial charge in [0.1, 0.15) is 11.5 Å². The van der Waals surface area contributed by atoms with Crippen molar-refractivity contribution in [2.24, 2.45) is 0 Å². The van der Waals surface area contributed by atoms with Gasteiger partial charge in [-0.2, -0.15) is 0 Å². The van der Waals surface area contributed by atoms with E-state index in [9.17, 15) is 19.3 Å². The van der Waals surface area contributed by atoms with E-state index >= 15 is 0 Å². The number of anilines is 2. The molecule has 6 nitrogen and oxygen atoms in total. The van der Waals surface area contributed by atoms with E-state index in [0.717, 1.165) is 12.1 Å². The van der Waals surface area contributed by atoms with Crippen molar-refractivity contribution < 1.29 is 14.1 Å². The van der Waals surface area contributed by atoms with Crippen LogP contribution < -0.4 is 11.1 Å². The lowest BCUT2D eigenvalue weighted by Crippen LogP contribution is -2.12. The Bertz CT molecular complexity index is 737. The van der Waals surface area contributed by atoms with Crippen molar-refractivity contribution in [3.8, 4) is 0 Å². The molecule has 0 saturated heterocycles. The van der Waals surface area contributed by atoms with Gasteiger partial charge >= 0.3 is 0 Å². The number of nitro benzene ring substituents is 1. The molecule has 21 heavy (non-hydrogen) atoms. The number of carbonyl (C=O) groups is 1. The second kappa shape index (κ2) is 5.76. The third-order valence-electron chi connectivity index (χ3n) is 2.67. The first-order valence-electron chi connectivity index (χ1n) is 5.69. The largest absolute Gasteiger partial charge is 0.393 e. The Kier molecular flexibility index (Phi) is 4.04. The van der Waals surface area contributed by atoms with Crippen LogP contribution in [0.15, 0.2) is 36.4 Å². The van der Waals surface area contributed by atoms with Gasteiger partial charge in [0.25, 0.3) is 11.6 Å². The van der Waals surface area contributed by atoms with Crippen molar-refractivity contribution in [3.63, 3.8) is 0 Å². The maximum atomic E-state index is 13.0. The van der Waals surface area contributed by atoms with Crippen LogP contribution in [0.3, 0.4) is 0 Å². The molecule has 0 aromatic heterocycles. The van der Waals surface area contributed by atoms with E-state index in [1.54, 1.807) is 0 Å². The molecule has 2 aromatic rings. The van der Waals surface area contributed by atoms with Gasteiger partial charge in [-0.3, -0.25) is 14.9 Å². The van der Waals surface area contributed by atoms with Crippen LogP contribution in [0.1, 0.15) is 10.4 Å². The number of nitrogens with one attached hydrogen (secondary N) is 1. The van der Waals surface area contributed by atoms with E-state index in [4.69, 9.17) is 17.3 Å². The quantitative estimate of drug-likeness (QED) is 0.516. The van der Waals surface area contributed by atoms with Crippen LogP contribution in [0.25, 0.3) is 0 Å². The minimum atomic E-state index is -0.680. The van der Waals surface area contributed by atoms with Crippen LogP contribution in [0.4, 0.5) is 21.5 Å². The molecule has 108 valence electrons. The predicted octanol–water partition coefficient (Wildman–Crippen LogP) is 3.22. The average molecular weight is 310 g/mol. The van der Waals surface area contributed by atoms with Gasteiger partial charge in [0.05, 0.1) is 9.95 Å². The summed E-state index contributed by atoms with van der Waals surface area (Å²) in [6, 6.07) is 7.35. The fourth-order valence-corrected chi connectivity index (χ4v) is 1.80. The van der Waals surface area contributed by atoms with E-state index in [0.29, 0.717) is 0 Å². The van der Waals surface area contributed by atoms with Gasteiger partial charge in [0.2, 0.25) is 0 Å². The molecule has 0 aliphatic heterocycles. The molecule has 0 spiro atoms. The van der Waals surface area contributed by atoms with Crippen molar-refractivity contribution in [3.05, 3.63) is 62.9 Å². The number of hydrogen-bond donors (Lipinski definition) is 2. The van der Waals surface area contributed by atoms with Crippen LogP contribution in [-0.2, 0) is 0 Å². The number of nitrogens with two attached hydrogens (primary N) is 1. The fourth-order valence-electron chi connectivity index (χ4n) is 1.62. The summed E-state index contributed by atoms with van der Waals surface area (Å²) in [6.07, 6.45) is 0. The van der Waals surface area contributed by atoms with Gasteiger partial charge in [-0.25, -0.2) is 4.39 Å². The molecular weight excluding hydrogens is 301 g/mol. The van der Waals surface area contributed by atoms with E-state index in [-0.39, 0.29) is 27.6 Å². The van der Waals surface area contributed by atoms with Gasteiger partial charge in [-0.1, -0.05) is 11.6 Å². The third-order valence-corrected chi connectivity index (χ3v) is 2.96. The molecule has 0 bridgehead atoms. The highest BCUT2D eigenvalue weighted by Crippen LogP contribution is 2.24. The first-order valence-corrected chi connectivity index (χ1v) is 6.06. The van der Waals surface area contributed by atoms with Crippen molar-refractivity contribution in [2.45, 2.75) is 0 Å². The summed E-state index contributed by atoms with van der Waals surface area (Å²) in [4.78, 5) is 22.1. The number of hydrogen-bond acceptors (Lipinski definition) is 4. The van der Waals surface area contributed by atoms with Crippen molar-refractivity contribution in [2.75, 3.05) is 11.1 Å². The Morgan fingerprint density at radius 1 is 1.29 bits per heavy atom. The first-order chi connectivity index (χ1) is 9.88. The number of halogens is 2. The number of nitrogens with zero attached hydrogens (tertiary/aromatic N) is 1. The Hall–Kier alpha value is -2.67. The predicted molar refractivity (Wildman–Crippen MR) is 76.9 cm³/mol. The summed E-state index contributed by atoms with van der Waals surface area (Å²) >= 11 is 5.60. The maximum Gasteiger partial charge on any atom is 0.292 e. The highest BCUT2D eigenvalue weighted by atomic mass is 35.5. The van der Waals surface area contributed by atoms with E-state index in [2.05, 4.69) is 5.32 Å². The van der Waals surface area contributed by atoms with Crippen LogP contribution in [-0.4, -0.2) is 10.8 Å². The summed E-state index contributed by atoms with van der Waals surface area (Å²) in [7, 11) is 0. The molecule has 0 heterocycles. The number of rotatable bonds is 3. The van der Waals surface area contributed by atoms with Crippen LogP contribution in [0.5, 0.6) is 0 Å². The highest BCUT2D eigenvalue weighted by Gasteiger charge is 2.16. The summed E-state index contributed by atoms with van der Waals surface area (Å²) in [5.41, 5.74) is 5.37. The smallest absolute Gasteiger partial charge is 0.292 e. The van der Waals surface area contributed by atoms with Gasteiger partial charge in [0, 0.05) is 17.3 Å². The third kappa shape index (κ3) is 3.26. The molecule has 0 saturated carbocycles. The van der Waals surface area contributed by atoms with Gasteiger partial charge in [-0.05, 0) is 30.3 Å². The van der Waals surface area contributed by atoms with E-state index in [1.807, 2.05) is 0 Å². The highest BCUT2D eigenvalue weighted by molar-refractivity contribution is 6.31. The molecule has 0 atom stereocenters. The van der Waals surface area contributed by atoms with E-state index in [1.165, 1.54) is 24.3 Å². The SMILES string of the molecule is Nc1ccc(C(=O)Nc2ccc(F)c(Cl)c2)cc1[N+](=O)[O-]. The summed E-state index contributed by atoms with van der Waals surface area (Å²) in [5.74, 6) is -1.21. The average Bonchev–Trinajstić information content (AvgIpc) is 2.43. The van der Waals surface area contributed by atoms with Crippen LogP contribution in [0.2, 0.25) is 5.02 Å². The molecule has 8 heteroatoms. The summed E-state index contributed by atoms with van der Waals surface area (Å²) in [5, 5.41) is 13.1. The first kappa shape index (κ1) is 14.7. The zero-order valence-corrected chi connectivity index (χ0v) is 11.2. The molecule has 2 aromatic carbocycles. The standard InChI is InChI=1S/C13H9ClFN3O3/c14-9-6-8(2-3-10(9)15)17-13(19)7-1-4-11(16)12(5-7)18(20)21/h1-6H,16H2,(H,17,19). The zero-order chi connectivity index (χ0) is 15.6. The second-order valence-corrected chi connectivity index (χ2v) is 4.52. The second-order valence-electron chi connectivity index (χ2n) is 4.11. The summed E-state index contributed by atoms with van der Waals surface area (Å²) < 4.78 is 13.0. The Balaban J connectivity index is 2.26. The maximum absolute atomic E-state index is 13.0. The zero-order valence-electron chi connectivity index (χ0n) is 10.5. The Morgan fingerprint density at radius 3 is 2.62 bits per heavy atom. The van der Waals surface area contributed by atoms with Crippen molar-refractivity contribution in [1.29, 1.82) is 0 Å². The van der Waals surface area contributed by atoms with Gasteiger partial charge in [0.15, 0.2) is 0 Å². The molecule has 0 radical (unpaired) electrons. The fraction of sp³-hybridized carbons (Fsp3) is 0. The molecule has 0 unspecified atom stereocenters. The van der Waals surface area contributed by atoms with Gasteiger partial charge in [-0.15, -0.1) is 0 Å². The van der Waals surface area contributed by atoms with Crippen molar-refractivity contribution in [1.82, 2.24) is 0 Å². The number of carbonyl (C=O) groups excluding carboxylic acids is 1. The number of nitro groups is 1. The van der Waals surface area contributed by atoms with E-state index < -0.39 is 16.6 Å². The van der Waals surface area contributed by atoms with Crippen molar-refractivity contribution >= 4 is 34.6 Å². The summed E-state index contributed by atoms with van der Waals surface area (Å²) in [6.45, 7) is 0. The van der Waals surface area contributed by atoms with Gasteiger partial charge < -0.3 is 11.1 Å². The van der Waals surface area contributed by atoms with Crippen LogP contribution >= 0.6 is 11.6 Å². The number of benzene rings is 2. The minimum absolute atomic E-state index is 0.0404. The molecule has 0 fully saturated rings. The van der Waals surface area contributed by atoms with Crippen LogP contribution in [0, 0.1) is 15.9 Å². The molecule has 1 amide bonds. The normalized spacial score (nSPS) is 10.2. The molecule has 0 aliphatic rings. The number of nitrogen functional groups attached to an aromatic ring is 1. The molecule has 2 rings (SSSR count). The minimum Gasteiger partial charge on any atom is -0.393 e. The molecule has 0 aliphatic carbocycles. The molecular formula is C13H9ClFN3O3. The Morgan fingerprint density at radius 2 is 2.00 bits per heavy atom. The topological polar surface area (TPSA) is 98.3 Å². The lowest BCUT2D eigenvalue weighted by molar-refractivity contribution is -0.383.